The maximum atomic E-state index is 13.3. The number of rotatable bonds is 11. The van der Waals surface area contributed by atoms with E-state index in [1.54, 1.807) is 3.58 Å². The predicted octanol–water partition coefficient (Wildman–Crippen LogP) is 6.70. The molecule has 0 N–H and O–H groups in total. The number of hydrogen-bond acceptors (Lipinski definition) is 2. The fourth-order valence-corrected chi connectivity index (χ4v) is 21.2. The van der Waals surface area contributed by atoms with Crippen LogP contribution in [-0.4, -0.2) is 47.0 Å². The number of fused-ring (bicyclic) bond motifs is 3. The third-order valence-corrected chi connectivity index (χ3v) is 22.8. The van der Waals surface area contributed by atoms with Crippen LogP contribution in [0.25, 0.3) is 16.7 Å². The monoisotopic (exact) mass is 531 g/mol. The van der Waals surface area contributed by atoms with Crippen molar-refractivity contribution in [2.75, 3.05) is 18.0 Å². The number of halogens is 1. The zero-order valence-electron chi connectivity index (χ0n) is 19.5. The van der Waals surface area contributed by atoms with Crippen LogP contribution in [0, 0.1) is 0 Å². The van der Waals surface area contributed by atoms with E-state index in [1.807, 2.05) is 0 Å². The van der Waals surface area contributed by atoms with Gasteiger partial charge in [-0.25, -0.2) is 0 Å². The molecule has 1 fully saturated rings. The quantitative estimate of drug-likeness (QED) is 0.257. The molecule has 1 aliphatic rings. The van der Waals surface area contributed by atoms with Gasteiger partial charge >= 0.3 is 191 Å². The van der Waals surface area contributed by atoms with E-state index in [4.69, 9.17) is 4.98 Å². The van der Waals surface area contributed by atoms with Crippen molar-refractivity contribution < 1.29 is 4.39 Å². The maximum absolute atomic E-state index is 13.3. The van der Waals surface area contributed by atoms with E-state index in [-0.39, 0.29) is 0 Å². The van der Waals surface area contributed by atoms with Crippen LogP contribution < -0.4 is 8.48 Å². The Hall–Kier alpha value is -1.30. The molecule has 3 heterocycles. The van der Waals surface area contributed by atoms with Crippen LogP contribution in [0.2, 0.25) is 13.3 Å². The Labute approximate surface area is 190 Å². The van der Waals surface area contributed by atoms with Crippen LogP contribution in [0.4, 0.5) is 10.1 Å². The van der Waals surface area contributed by atoms with Gasteiger partial charge in [0.1, 0.15) is 0 Å². The molecule has 0 unspecified atom stereocenters. The summed E-state index contributed by atoms with van der Waals surface area (Å²) in [5.41, 5.74) is 4.38. The SMILES string of the molecule is CCC[CH2][Sn]([CH2]CCC)([CH2]CCC)[c]1ccc2c(c1)nc1cc(N3CC(F)C3)ccn12. The third kappa shape index (κ3) is 4.74. The van der Waals surface area contributed by atoms with E-state index < -0.39 is 24.5 Å². The molecule has 5 heteroatoms. The Balaban J connectivity index is 1.72. The molecule has 168 valence electrons. The topological polar surface area (TPSA) is 20.5 Å². The van der Waals surface area contributed by atoms with Gasteiger partial charge in [0.25, 0.3) is 0 Å². The molecule has 1 aromatic carbocycles. The summed E-state index contributed by atoms with van der Waals surface area (Å²) in [6, 6.07) is 11.5. The van der Waals surface area contributed by atoms with E-state index >= 15 is 0 Å². The number of imidazole rings is 1. The molecule has 0 saturated carbocycles. The summed E-state index contributed by atoms with van der Waals surface area (Å²) in [6.07, 6.45) is 9.44. The Morgan fingerprint density at radius 1 is 0.935 bits per heavy atom. The molecule has 0 bridgehead atoms. The van der Waals surface area contributed by atoms with Gasteiger partial charge in [-0.15, -0.1) is 0 Å². The molecule has 3 aromatic rings. The second-order valence-corrected chi connectivity index (χ2v) is 22.8. The summed E-state index contributed by atoms with van der Waals surface area (Å²) < 4.78 is 21.6. The number of anilines is 1. The van der Waals surface area contributed by atoms with E-state index in [1.165, 1.54) is 57.4 Å². The average molecular weight is 530 g/mol. The second-order valence-electron chi connectivity index (χ2n) is 9.52. The minimum absolute atomic E-state index is 0.504. The van der Waals surface area contributed by atoms with E-state index in [0.717, 1.165) is 16.9 Å². The third-order valence-electron chi connectivity index (χ3n) is 7.23. The number of unbranched alkanes of at least 4 members (excludes halogenated alkanes) is 3. The van der Waals surface area contributed by atoms with Gasteiger partial charge in [-0.1, -0.05) is 0 Å². The molecule has 0 aliphatic carbocycles. The zero-order chi connectivity index (χ0) is 21.8. The molecule has 0 spiro atoms. The fourth-order valence-electron chi connectivity index (χ4n) is 5.22. The van der Waals surface area contributed by atoms with Gasteiger partial charge in [0.2, 0.25) is 0 Å². The Morgan fingerprint density at radius 2 is 1.58 bits per heavy atom. The molecule has 0 atom stereocenters. The molecular formula is C26H38FN3Sn. The number of hydrogen-bond donors (Lipinski definition) is 0. The Kier molecular flexibility index (Phi) is 7.45. The first-order valence-corrected chi connectivity index (χ1v) is 19.9. The molecule has 1 saturated heterocycles. The molecule has 3 nitrogen and oxygen atoms in total. The average Bonchev–Trinajstić information content (AvgIpc) is 3.13. The van der Waals surface area contributed by atoms with Crippen LogP contribution in [0.3, 0.4) is 0 Å². The minimum atomic E-state index is -2.46. The van der Waals surface area contributed by atoms with Crippen LogP contribution >= 0.6 is 0 Å². The van der Waals surface area contributed by atoms with Crippen molar-refractivity contribution in [3.63, 3.8) is 0 Å². The number of pyridine rings is 1. The molecule has 4 rings (SSSR count). The van der Waals surface area contributed by atoms with Gasteiger partial charge in [-0.3, -0.25) is 0 Å². The Morgan fingerprint density at radius 3 is 2.16 bits per heavy atom. The number of benzene rings is 1. The molecule has 31 heavy (non-hydrogen) atoms. The first kappa shape index (κ1) is 22.9. The summed E-state index contributed by atoms with van der Waals surface area (Å²) in [7, 11) is 0. The van der Waals surface area contributed by atoms with E-state index in [0.29, 0.717) is 13.1 Å². The molecule has 1 aliphatic heterocycles. The fraction of sp³-hybridized carbons (Fsp3) is 0.577. The van der Waals surface area contributed by atoms with Crippen molar-refractivity contribution in [2.24, 2.45) is 0 Å². The zero-order valence-corrected chi connectivity index (χ0v) is 22.4. The van der Waals surface area contributed by atoms with E-state index in [9.17, 15) is 4.39 Å². The summed E-state index contributed by atoms with van der Waals surface area (Å²) in [5, 5.41) is 0. The summed E-state index contributed by atoms with van der Waals surface area (Å²) in [6.45, 7) is 8.01. The normalized spacial score (nSPS) is 15.2. The first-order valence-electron chi connectivity index (χ1n) is 12.4. The number of aromatic nitrogens is 2. The summed E-state index contributed by atoms with van der Waals surface area (Å²) in [4.78, 5) is 7.12. The first-order chi connectivity index (χ1) is 15.1. The van der Waals surface area contributed by atoms with Crippen molar-refractivity contribution in [3.8, 4) is 0 Å². The van der Waals surface area contributed by atoms with Crippen molar-refractivity contribution in [3.05, 3.63) is 36.5 Å². The molecule has 2 aromatic heterocycles. The van der Waals surface area contributed by atoms with E-state index in [2.05, 4.69) is 66.6 Å². The van der Waals surface area contributed by atoms with Gasteiger partial charge < -0.3 is 0 Å². The van der Waals surface area contributed by atoms with Crippen LogP contribution in [-0.2, 0) is 0 Å². The second kappa shape index (κ2) is 10.1. The number of nitrogens with zero attached hydrogens (tertiary/aromatic N) is 3. The predicted molar refractivity (Wildman–Crippen MR) is 134 cm³/mol. The summed E-state index contributed by atoms with van der Waals surface area (Å²) in [5.74, 6) is 0. The summed E-state index contributed by atoms with van der Waals surface area (Å²) >= 11 is -2.46. The van der Waals surface area contributed by atoms with Crippen molar-refractivity contribution >= 4 is 44.3 Å². The molecular weight excluding hydrogens is 492 g/mol. The van der Waals surface area contributed by atoms with Gasteiger partial charge in [0.15, 0.2) is 0 Å². The van der Waals surface area contributed by atoms with Gasteiger partial charge in [0, 0.05) is 0 Å². The number of alkyl halides is 1. The molecule has 0 amide bonds. The van der Waals surface area contributed by atoms with Crippen molar-refractivity contribution in [1.29, 1.82) is 0 Å². The Bertz CT molecular complexity index is 987. The van der Waals surface area contributed by atoms with Crippen molar-refractivity contribution in [1.82, 2.24) is 9.38 Å². The van der Waals surface area contributed by atoms with Crippen LogP contribution in [0.5, 0.6) is 0 Å². The van der Waals surface area contributed by atoms with Gasteiger partial charge in [-0.05, 0) is 0 Å². The molecule has 0 radical (unpaired) electrons. The standard InChI is InChI=1S/C14H11FN3.3C4H9.Sn/c15-10-8-17(9-10)11-5-6-18-13-4-2-1-3-12(13)16-14(18)7-11;3*1-3-4-2;/h2-7,10H,8-9H2;3*1,3-4H2,2H3;. The van der Waals surface area contributed by atoms with Gasteiger partial charge in [0.05, 0.1) is 0 Å². The van der Waals surface area contributed by atoms with Crippen LogP contribution in [0.1, 0.15) is 59.3 Å². The van der Waals surface area contributed by atoms with Gasteiger partial charge in [-0.2, -0.15) is 0 Å². The van der Waals surface area contributed by atoms with Crippen LogP contribution in [0.15, 0.2) is 36.5 Å². The van der Waals surface area contributed by atoms with Crippen molar-refractivity contribution in [2.45, 2.75) is 78.8 Å².